The molecule has 2 N–H and O–H groups in total. The number of amides is 2. The normalized spacial score (nSPS) is 21.7. The predicted octanol–water partition coefficient (Wildman–Crippen LogP) is 0.928. The van der Waals surface area contributed by atoms with Crippen molar-refractivity contribution in [1.82, 2.24) is 15.5 Å². The van der Waals surface area contributed by atoms with E-state index >= 15 is 0 Å². The second-order valence-electron chi connectivity index (χ2n) is 6.68. The summed E-state index contributed by atoms with van der Waals surface area (Å²) in [5.41, 5.74) is -0.722. The molecule has 0 aromatic rings. The number of likely N-dealkylation sites (N-methyl/N-ethyl adjacent to an activating group) is 1. The van der Waals surface area contributed by atoms with E-state index < -0.39 is 11.6 Å². The number of hydrogen-bond donors (Lipinski definition) is 2. The molecule has 0 spiro atoms. The van der Waals surface area contributed by atoms with Crippen LogP contribution in [-0.4, -0.2) is 47.9 Å². The Labute approximate surface area is 132 Å². The van der Waals surface area contributed by atoms with E-state index in [-0.39, 0.29) is 18.4 Å². The average molecular weight is 306 g/mol. The molecule has 0 aromatic heterocycles. The van der Waals surface area contributed by atoms with Crippen LogP contribution in [0, 0.1) is 11.3 Å². The minimum absolute atomic E-state index is 0.0442. The molecular weight excluding hydrogens is 280 g/mol. The third-order valence-corrected chi connectivity index (χ3v) is 4.66. The lowest BCUT2D eigenvalue weighted by Gasteiger charge is -2.34. The molecule has 22 heavy (non-hydrogen) atoms. The van der Waals surface area contributed by atoms with E-state index in [0.717, 1.165) is 32.1 Å². The fourth-order valence-electron chi connectivity index (χ4n) is 2.82. The molecule has 6 heteroatoms. The van der Waals surface area contributed by atoms with Gasteiger partial charge in [-0.05, 0) is 39.7 Å². The van der Waals surface area contributed by atoms with Gasteiger partial charge < -0.3 is 10.6 Å². The predicted molar refractivity (Wildman–Crippen MR) is 82.8 cm³/mol. The van der Waals surface area contributed by atoms with Gasteiger partial charge in [0.2, 0.25) is 11.8 Å². The third-order valence-electron chi connectivity index (χ3n) is 4.66. The molecule has 2 rings (SSSR count). The lowest BCUT2D eigenvalue weighted by Crippen LogP contribution is -2.55. The maximum Gasteiger partial charge on any atom is 0.238 e. The summed E-state index contributed by atoms with van der Waals surface area (Å²) in [7, 11) is 1.76. The largest absolute Gasteiger partial charge is 0.352 e. The van der Waals surface area contributed by atoms with Gasteiger partial charge in [-0.3, -0.25) is 14.5 Å². The Kier molecular flexibility index (Phi) is 5.41. The molecule has 2 aliphatic rings. The Balaban J connectivity index is 1.84. The monoisotopic (exact) mass is 306 g/mol. The SMILES string of the molecule is C[C@H](C(=O)NC1(C#N)CCCCC1)N(C)CC(=O)NC1CC1. The Morgan fingerprint density at radius 3 is 2.50 bits per heavy atom. The van der Waals surface area contributed by atoms with E-state index in [0.29, 0.717) is 18.9 Å². The summed E-state index contributed by atoms with van der Waals surface area (Å²) in [5, 5.41) is 15.2. The summed E-state index contributed by atoms with van der Waals surface area (Å²) in [4.78, 5) is 25.9. The van der Waals surface area contributed by atoms with Gasteiger partial charge in [0.25, 0.3) is 0 Å². The first-order chi connectivity index (χ1) is 10.5. The number of nitrogens with zero attached hydrogens (tertiary/aromatic N) is 2. The lowest BCUT2D eigenvalue weighted by atomic mass is 9.82. The molecule has 0 unspecified atom stereocenters. The smallest absolute Gasteiger partial charge is 0.238 e. The molecule has 2 aliphatic carbocycles. The zero-order valence-electron chi connectivity index (χ0n) is 13.5. The van der Waals surface area contributed by atoms with E-state index in [1.54, 1.807) is 18.9 Å². The first kappa shape index (κ1) is 16.8. The van der Waals surface area contributed by atoms with E-state index in [2.05, 4.69) is 16.7 Å². The van der Waals surface area contributed by atoms with Crippen molar-refractivity contribution in [1.29, 1.82) is 5.26 Å². The van der Waals surface area contributed by atoms with E-state index in [1.807, 2.05) is 0 Å². The molecule has 6 nitrogen and oxygen atoms in total. The van der Waals surface area contributed by atoms with Gasteiger partial charge in [-0.2, -0.15) is 5.26 Å². The van der Waals surface area contributed by atoms with Crippen LogP contribution in [0.5, 0.6) is 0 Å². The molecule has 0 aromatic carbocycles. The number of carbonyl (C=O) groups is 2. The first-order valence-electron chi connectivity index (χ1n) is 8.19. The highest BCUT2D eigenvalue weighted by Gasteiger charge is 2.35. The summed E-state index contributed by atoms with van der Waals surface area (Å²) < 4.78 is 0. The molecule has 122 valence electrons. The van der Waals surface area contributed by atoms with E-state index in [4.69, 9.17) is 0 Å². The van der Waals surface area contributed by atoms with Crippen LogP contribution in [0.2, 0.25) is 0 Å². The van der Waals surface area contributed by atoms with Crippen molar-refractivity contribution in [2.45, 2.75) is 69.5 Å². The van der Waals surface area contributed by atoms with Crippen LogP contribution in [0.4, 0.5) is 0 Å². The second-order valence-corrected chi connectivity index (χ2v) is 6.68. The van der Waals surface area contributed by atoms with Gasteiger partial charge in [0.05, 0.1) is 18.7 Å². The summed E-state index contributed by atoms with van der Waals surface area (Å²) in [5.74, 6) is -0.220. The van der Waals surface area contributed by atoms with Gasteiger partial charge in [-0.1, -0.05) is 19.3 Å². The molecule has 0 heterocycles. The summed E-state index contributed by atoms with van der Waals surface area (Å²) in [6.07, 6.45) is 6.61. The van der Waals surface area contributed by atoms with Crippen molar-refractivity contribution in [2.24, 2.45) is 0 Å². The number of nitrogens with one attached hydrogen (secondary N) is 2. The fourth-order valence-corrected chi connectivity index (χ4v) is 2.82. The molecule has 2 saturated carbocycles. The van der Waals surface area contributed by atoms with E-state index in [9.17, 15) is 14.9 Å². The van der Waals surface area contributed by atoms with Crippen LogP contribution < -0.4 is 10.6 Å². The maximum absolute atomic E-state index is 12.4. The highest BCUT2D eigenvalue weighted by Crippen LogP contribution is 2.27. The van der Waals surface area contributed by atoms with Crippen LogP contribution in [0.3, 0.4) is 0 Å². The number of rotatable bonds is 6. The summed E-state index contributed by atoms with van der Waals surface area (Å²) in [6, 6.07) is 2.18. The van der Waals surface area contributed by atoms with Crippen LogP contribution in [0.1, 0.15) is 51.9 Å². The molecular formula is C16H26N4O2. The second kappa shape index (κ2) is 7.10. The van der Waals surface area contributed by atoms with Gasteiger partial charge in [0, 0.05) is 6.04 Å². The Bertz CT molecular complexity index is 461. The maximum atomic E-state index is 12.4. The Morgan fingerprint density at radius 1 is 1.32 bits per heavy atom. The minimum atomic E-state index is -0.722. The standard InChI is InChI=1S/C16H26N4O2/c1-12(20(2)10-14(21)18-13-6-7-13)15(22)19-16(11-17)8-4-3-5-9-16/h12-13H,3-10H2,1-2H3,(H,18,21)(H,19,22)/t12-/m1/s1. The first-order valence-corrected chi connectivity index (χ1v) is 8.19. The quantitative estimate of drug-likeness (QED) is 0.764. The Hall–Kier alpha value is -1.61. The molecule has 0 radical (unpaired) electrons. The van der Waals surface area contributed by atoms with Crippen molar-refractivity contribution in [3.8, 4) is 6.07 Å². The number of hydrogen-bond acceptors (Lipinski definition) is 4. The zero-order valence-corrected chi connectivity index (χ0v) is 13.5. The van der Waals surface area contributed by atoms with Gasteiger partial charge in [-0.15, -0.1) is 0 Å². The van der Waals surface area contributed by atoms with Gasteiger partial charge in [0.15, 0.2) is 0 Å². The topological polar surface area (TPSA) is 85.2 Å². The highest BCUT2D eigenvalue weighted by atomic mass is 16.2. The molecule has 0 saturated heterocycles. The van der Waals surface area contributed by atoms with E-state index in [1.165, 1.54) is 0 Å². The molecule has 0 aliphatic heterocycles. The van der Waals surface area contributed by atoms with Crippen molar-refractivity contribution in [2.75, 3.05) is 13.6 Å². The number of carbonyl (C=O) groups excluding carboxylic acids is 2. The molecule has 0 bridgehead atoms. The van der Waals surface area contributed by atoms with Gasteiger partial charge >= 0.3 is 0 Å². The van der Waals surface area contributed by atoms with Gasteiger partial charge in [-0.25, -0.2) is 0 Å². The molecule has 2 amide bonds. The Morgan fingerprint density at radius 2 is 1.95 bits per heavy atom. The molecule has 1 atom stereocenters. The van der Waals surface area contributed by atoms with Crippen LogP contribution >= 0.6 is 0 Å². The summed E-state index contributed by atoms with van der Waals surface area (Å²) in [6.45, 7) is 1.97. The van der Waals surface area contributed by atoms with Gasteiger partial charge in [0.1, 0.15) is 5.54 Å². The summed E-state index contributed by atoms with van der Waals surface area (Å²) >= 11 is 0. The van der Waals surface area contributed by atoms with Crippen molar-refractivity contribution >= 4 is 11.8 Å². The van der Waals surface area contributed by atoms with Crippen molar-refractivity contribution in [3.63, 3.8) is 0 Å². The van der Waals surface area contributed by atoms with Crippen molar-refractivity contribution in [3.05, 3.63) is 0 Å². The minimum Gasteiger partial charge on any atom is -0.352 e. The lowest BCUT2D eigenvalue weighted by molar-refractivity contribution is -0.129. The number of nitriles is 1. The fraction of sp³-hybridized carbons (Fsp3) is 0.812. The average Bonchev–Trinajstić information content (AvgIpc) is 3.31. The third kappa shape index (κ3) is 4.44. The highest BCUT2D eigenvalue weighted by molar-refractivity contribution is 5.84. The molecule has 2 fully saturated rings. The van der Waals surface area contributed by atoms with Crippen LogP contribution in [-0.2, 0) is 9.59 Å². The van der Waals surface area contributed by atoms with Crippen LogP contribution in [0.15, 0.2) is 0 Å². The zero-order chi connectivity index (χ0) is 16.2. The van der Waals surface area contributed by atoms with Crippen LogP contribution in [0.25, 0.3) is 0 Å². The van der Waals surface area contributed by atoms with Crippen molar-refractivity contribution < 1.29 is 9.59 Å².